The molecule has 4 nitrogen and oxygen atoms in total. The highest BCUT2D eigenvalue weighted by Gasteiger charge is 2.29. The molecule has 1 aromatic rings. The molecule has 116 valence electrons. The van der Waals surface area contributed by atoms with E-state index in [1.165, 1.54) is 5.56 Å². The van der Waals surface area contributed by atoms with E-state index in [1.54, 1.807) is 0 Å². The van der Waals surface area contributed by atoms with E-state index < -0.39 is 0 Å². The number of carbonyl (C=O) groups is 1. The minimum atomic E-state index is 0.0663. The Morgan fingerprint density at radius 3 is 2.71 bits per heavy atom. The SMILES string of the molecule is CC(C)N(C(=O)CN)[C@@H]1CCCN(Cc2ccccc2)C1. The Morgan fingerprint density at radius 1 is 1.38 bits per heavy atom. The van der Waals surface area contributed by atoms with E-state index >= 15 is 0 Å². The van der Waals surface area contributed by atoms with Crippen LogP contribution in [0.15, 0.2) is 30.3 Å². The molecule has 1 aliphatic heterocycles. The fourth-order valence-electron chi connectivity index (χ4n) is 3.26. The summed E-state index contributed by atoms with van der Waals surface area (Å²) in [6.45, 7) is 7.26. The molecule has 0 spiro atoms. The topological polar surface area (TPSA) is 49.6 Å². The predicted octanol–water partition coefficient (Wildman–Crippen LogP) is 1.85. The maximum atomic E-state index is 12.1. The molecular formula is C17H27N3O. The van der Waals surface area contributed by atoms with Crippen molar-refractivity contribution < 1.29 is 4.79 Å². The van der Waals surface area contributed by atoms with Crippen LogP contribution in [0.4, 0.5) is 0 Å². The molecule has 1 heterocycles. The molecule has 2 N–H and O–H groups in total. The molecule has 2 rings (SSSR count). The van der Waals surface area contributed by atoms with Gasteiger partial charge < -0.3 is 10.6 Å². The first-order chi connectivity index (χ1) is 10.1. The van der Waals surface area contributed by atoms with Crippen molar-refractivity contribution in [1.82, 2.24) is 9.80 Å². The summed E-state index contributed by atoms with van der Waals surface area (Å²) < 4.78 is 0. The van der Waals surface area contributed by atoms with E-state index in [1.807, 2.05) is 11.0 Å². The average molecular weight is 289 g/mol. The summed E-state index contributed by atoms with van der Waals surface area (Å²) >= 11 is 0. The van der Waals surface area contributed by atoms with Crippen molar-refractivity contribution >= 4 is 5.91 Å². The second-order valence-electron chi connectivity index (χ2n) is 6.12. The molecule has 21 heavy (non-hydrogen) atoms. The summed E-state index contributed by atoms with van der Waals surface area (Å²) in [6, 6.07) is 11.0. The van der Waals surface area contributed by atoms with Gasteiger partial charge in [-0.2, -0.15) is 0 Å². The number of nitrogens with two attached hydrogens (primary N) is 1. The Labute approximate surface area is 127 Å². The van der Waals surface area contributed by atoms with Crippen molar-refractivity contribution in [2.45, 2.75) is 45.3 Å². The van der Waals surface area contributed by atoms with Crippen LogP contribution in [-0.2, 0) is 11.3 Å². The maximum absolute atomic E-state index is 12.1. The second-order valence-corrected chi connectivity index (χ2v) is 6.12. The third-order valence-corrected chi connectivity index (χ3v) is 4.14. The Kier molecular flexibility index (Phi) is 5.76. The number of likely N-dealkylation sites (tertiary alicyclic amines) is 1. The fraction of sp³-hybridized carbons (Fsp3) is 0.588. The number of rotatable bonds is 5. The minimum Gasteiger partial charge on any atom is -0.335 e. The lowest BCUT2D eigenvalue weighted by molar-refractivity contribution is -0.135. The van der Waals surface area contributed by atoms with Gasteiger partial charge in [-0.15, -0.1) is 0 Å². The van der Waals surface area contributed by atoms with Gasteiger partial charge in [0.15, 0.2) is 0 Å². The van der Waals surface area contributed by atoms with E-state index in [9.17, 15) is 4.79 Å². The van der Waals surface area contributed by atoms with Gasteiger partial charge in [0, 0.05) is 25.2 Å². The van der Waals surface area contributed by atoms with E-state index in [0.717, 1.165) is 32.5 Å². The van der Waals surface area contributed by atoms with Crippen LogP contribution in [0.3, 0.4) is 0 Å². The summed E-state index contributed by atoms with van der Waals surface area (Å²) in [6.07, 6.45) is 2.22. The predicted molar refractivity (Wildman–Crippen MR) is 85.8 cm³/mol. The van der Waals surface area contributed by atoms with Crippen LogP contribution in [0, 0.1) is 0 Å². The van der Waals surface area contributed by atoms with Crippen molar-refractivity contribution in [3.63, 3.8) is 0 Å². The van der Waals surface area contributed by atoms with Gasteiger partial charge in [-0.05, 0) is 38.8 Å². The van der Waals surface area contributed by atoms with Crippen molar-refractivity contribution in [2.75, 3.05) is 19.6 Å². The van der Waals surface area contributed by atoms with Gasteiger partial charge in [0.05, 0.1) is 6.54 Å². The molecule has 0 unspecified atom stereocenters. The van der Waals surface area contributed by atoms with Crippen molar-refractivity contribution in [2.24, 2.45) is 5.73 Å². The molecule has 0 saturated carbocycles. The number of carbonyl (C=O) groups excluding carboxylic acids is 1. The molecule has 0 radical (unpaired) electrons. The number of benzene rings is 1. The average Bonchev–Trinajstić information content (AvgIpc) is 2.48. The highest BCUT2D eigenvalue weighted by atomic mass is 16.2. The van der Waals surface area contributed by atoms with Gasteiger partial charge in [-0.1, -0.05) is 30.3 Å². The third kappa shape index (κ3) is 4.29. The van der Waals surface area contributed by atoms with Crippen LogP contribution in [0.5, 0.6) is 0 Å². The highest BCUT2D eigenvalue weighted by Crippen LogP contribution is 2.20. The Balaban J connectivity index is 2.00. The maximum Gasteiger partial charge on any atom is 0.236 e. The first-order valence-corrected chi connectivity index (χ1v) is 7.89. The van der Waals surface area contributed by atoms with Crippen LogP contribution in [-0.4, -0.2) is 47.4 Å². The number of hydrogen-bond donors (Lipinski definition) is 1. The van der Waals surface area contributed by atoms with Crippen LogP contribution in [0.1, 0.15) is 32.3 Å². The van der Waals surface area contributed by atoms with Crippen molar-refractivity contribution in [1.29, 1.82) is 0 Å². The van der Waals surface area contributed by atoms with Crippen LogP contribution in [0.2, 0.25) is 0 Å². The lowest BCUT2D eigenvalue weighted by Gasteiger charge is -2.41. The Bertz CT molecular complexity index is 447. The smallest absolute Gasteiger partial charge is 0.236 e. The molecule has 1 atom stereocenters. The zero-order chi connectivity index (χ0) is 15.2. The number of piperidine rings is 1. The van der Waals surface area contributed by atoms with Gasteiger partial charge >= 0.3 is 0 Å². The van der Waals surface area contributed by atoms with Gasteiger partial charge in [0.2, 0.25) is 5.91 Å². The molecule has 4 heteroatoms. The van der Waals surface area contributed by atoms with E-state index in [4.69, 9.17) is 5.73 Å². The molecule has 0 aromatic heterocycles. The summed E-state index contributed by atoms with van der Waals surface area (Å²) in [5, 5.41) is 0. The standard InChI is InChI=1S/C17H27N3O/c1-14(2)20(17(21)11-18)16-9-6-10-19(13-16)12-15-7-4-3-5-8-15/h3-5,7-8,14,16H,6,9-13,18H2,1-2H3/t16-/m1/s1. The summed E-state index contributed by atoms with van der Waals surface area (Å²) in [5.74, 6) is 0.0663. The summed E-state index contributed by atoms with van der Waals surface area (Å²) in [4.78, 5) is 16.5. The molecule has 1 aromatic carbocycles. The molecule has 1 amide bonds. The van der Waals surface area contributed by atoms with E-state index in [2.05, 4.69) is 43.0 Å². The first-order valence-electron chi connectivity index (χ1n) is 7.89. The fourth-order valence-corrected chi connectivity index (χ4v) is 3.26. The number of amides is 1. The van der Waals surface area contributed by atoms with Gasteiger partial charge in [0.25, 0.3) is 0 Å². The first kappa shape index (κ1) is 16.0. The molecule has 1 fully saturated rings. The van der Waals surface area contributed by atoms with Crippen LogP contribution >= 0.6 is 0 Å². The third-order valence-electron chi connectivity index (χ3n) is 4.14. The monoisotopic (exact) mass is 289 g/mol. The zero-order valence-corrected chi connectivity index (χ0v) is 13.2. The molecular weight excluding hydrogens is 262 g/mol. The highest BCUT2D eigenvalue weighted by molar-refractivity contribution is 5.78. The largest absolute Gasteiger partial charge is 0.335 e. The molecule has 0 bridgehead atoms. The minimum absolute atomic E-state index is 0.0663. The molecule has 1 saturated heterocycles. The Morgan fingerprint density at radius 2 is 2.10 bits per heavy atom. The van der Waals surface area contributed by atoms with E-state index in [0.29, 0.717) is 6.04 Å². The van der Waals surface area contributed by atoms with Crippen LogP contribution in [0.25, 0.3) is 0 Å². The summed E-state index contributed by atoms with van der Waals surface area (Å²) in [7, 11) is 0. The molecule has 0 aliphatic carbocycles. The number of hydrogen-bond acceptors (Lipinski definition) is 3. The van der Waals surface area contributed by atoms with Gasteiger partial charge in [-0.25, -0.2) is 0 Å². The zero-order valence-electron chi connectivity index (χ0n) is 13.2. The quantitative estimate of drug-likeness (QED) is 0.900. The number of nitrogens with zero attached hydrogens (tertiary/aromatic N) is 2. The second kappa shape index (κ2) is 7.57. The van der Waals surface area contributed by atoms with Gasteiger partial charge in [0.1, 0.15) is 0 Å². The lowest BCUT2D eigenvalue weighted by Crippen LogP contribution is -2.54. The van der Waals surface area contributed by atoms with E-state index in [-0.39, 0.29) is 18.5 Å². The normalized spacial score (nSPS) is 19.7. The van der Waals surface area contributed by atoms with Crippen LogP contribution < -0.4 is 5.73 Å². The Hall–Kier alpha value is -1.39. The van der Waals surface area contributed by atoms with Gasteiger partial charge in [-0.3, -0.25) is 9.69 Å². The lowest BCUT2D eigenvalue weighted by atomic mass is 10.0. The van der Waals surface area contributed by atoms with Crippen molar-refractivity contribution in [3.05, 3.63) is 35.9 Å². The van der Waals surface area contributed by atoms with Crippen molar-refractivity contribution in [3.8, 4) is 0 Å². The molecule has 1 aliphatic rings. The summed E-state index contributed by atoms with van der Waals surface area (Å²) in [5.41, 5.74) is 6.90.